The Kier molecular flexibility index (Phi) is 12.5. The van der Waals surface area contributed by atoms with Crippen LogP contribution >= 0.6 is 0 Å². The number of alkyl halides is 3. The number of para-hydroxylation sites is 1. The van der Waals surface area contributed by atoms with E-state index in [1.54, 1.807) is 19.1 Å². The van der Waals surface area contributed by atoms with Crippen molar-refractivity contribution >= 4 is 17.4 Å². The van der Waals surface area contributed by atoms with Crippen molar-refractivity contribution in [2.75, 3.05) is 18.7 Å². The third kappa shape index (κ3) is 7.48. The van der Waals surface area contributed by atoms with Crippen LogP contribution in [0.15, 0.2) is 29.4 Å². The highest BCUT2D eigenvalue weighted by Crippen LogP contribution is 2.24. The molecule has 0 radical (unpaired) electrons. The van der Waals surface area contributed by atoms with Crippen molar-refractivity contribution in [3.8, 4) is 0 Å². The molecule has 24 heavy (non-hydrogen) atoms. The molecule has 1 aromatic rings. The molecule has 0 heterocycles. The zero-order valence-corrected chi connectivity index (χ0v) is 15.4. The van der Waals surface area contributed by atoms with Gasteiger partial charge in [0.25, 0.3) is 0 Å². The minimum atomic E-state index is -4.51. The van der Waals surface area contributed by atoms with Crippen molar-refractivity contribution in [3.05, 3.63) is 29.8 Å². The third-order valence-electron chi connectivity index (χ3n) is 2.57. The third-order valence-corrected chi connectivity index (χ3v) is 2.57. The lowest BCUT2D eigenvalue weighted by Crippen LogP contribution is -2.27. The van der Waals surface area contributed by atoms with Gasteiger partial charge in [0.1, 0.15) is 5.71 Å². The van der Waals surface area contributed by atoms with E-state index in [9.17, 15) is 18.0 Å². The van der Waals surface area contributed by atoms with E-state index in [0.29, 0.717) is 0 Å². The summed E-state index contributed by atoms with van der Waals surface area (Å²) < 4.78 is 42.2. The number of ether oxygens (including phenoxy) is 1. The monoisotopic (exact) mass is 348 g/mol. The maximum absolute atomic E-state index is 12.5. The number of methoxy groups -OCH3 is 1. The van der Waals surface area contributed by atoms with Gasteiger partial charge in [0.05, 0.1) is 18.4 Å². The van der Waals surface area contributed by atoms with Gasteiger partial charge in [-0.15, -0.1) is 0 Å². The Morgan fingerprint density at radius 1 is 1.17 bits per heavy atom. The van der Waals surface area contributed by atoms with Gasteiger partial charge in [0, 0.05) is 6.54 Å². The van der Waals surface area contributed by atoms with E-state index < -0.39 is 17.9 Å². The van der Waals surface area contributed by atoms with Crippen LogP contribution in [-0.4, -0.2) is 31.5 Å². The molecule has 0 spiro atoms. The molecule has 0 unspecified atom stereocenters. The Labute approximate surface area is 142 Å². The Morgan fingerprint density at radius 3 is 2.08 bits per heavy atom. The average molecular weight is 348 g/mol. The average Bonchev–Trinajstić information content (AvgIpc) is 2.61. The lowest BCUT2D eigenvalue weighted by atomic mass is 10.1. The smallest absolute Gasteiger partial charge is 0.430 e. The number of hydrogen-bond donors (Lipinski definition) is 0. The molecule has 0 aliphatic carbocycles. The number of carbonyl (C=O) groups is 1. The molecular weight excluding hydrogens is 321 g/mol. The van der Waals surface area contributed by atoms with Crippen molar-refractivity contribution in [2.24, 2.45) is 5.10 Å². The quantitative estimate of drug-likeness (QED) is 0.422. The highest BCUT2D eigenvalue weighted by atomic mass is 19.4. The van der Waals surface area contributed by atoms with Crippen LogP contribution in [0, 0.1) is 0 Å². The molecule has 0 saturated carbocycles. The fraction of sp³-hybridized carbons (Fsp3) is 0.529. The molecule has 1 aromatic carbocycles. The molecule has 0 atom stereocenters. The first-order chi connectivity index (χ1) is 11.3. The number of hydrogen-bond acceptors (Lipinski definition) is 4. The molecule has 0 N–H and O–H groups in total. The van der Waals surface area contributed by atoms with Crippen LogP contribution in [0.4, 0.5) is 18.9 Å². The van der Waals surface area contributed by atoms with Gasteiger partial charge < -0.3 is 4.74 Å². The van der Waals surface area contributed by atoms with E-state index in [2.05, 4.69) is 9.84 Å². The van der Waals surface area contributed by atoms with E-state index in [0.717, 1.165) is 11.9 Å². The summed E-state index contributed by atoms with van der Waals surface area (Å²) in [5.74, 6) is -0.626. The number of nitrogens with zero attached hydrogens (tertiary/aromatic N) is 2. The van der Waals surface area contributed by atoms with Crippen molar-refractivity contribution in [3.63, 3.8) is 0 Å². The van der Waals surface area contributed by atoms with Gasteiger partial charge in [0.15, 0.2) is 0 Å². The Hall–Kier alpha value is -2.05. The van der Waals surface area contributed by atoms with Crippen LogP contribution in [0.5, 0.6) is 0 Å². The van der Waals surface area contributed by atoms with Crippen LogP contribution in [0.2, 0.25) is 0 Å². The Bertz CT molecular complexity index is 515. The van der Waals surface area contributed by atoms with Crippen LogP contribution in [0.25, 0.3) is 0 Å². The van der Waals surface area contributed by atoms with Crippen molar-refractivity contribution in [1.29, 1.82) is 0 Å². The first-order valence-electron chi connectivity index (χ1n) is 7.88. The van der Waals surface area contributed by atoms with Gasteiger partial charge >= 0.3 is 12.1 Å². The van der Waals surface area contributed by atoms with Gasteiger partial charge in [-0.3, -0.25) is 5.01 Å². The molecule has 7 heteroatoms. The standard InChI is InChI=1S/C13H15F3N2O2.2C2H6/c1-4-18(17-9(2)13(14,15)16)11-8-6-5-7-10(11)12(19)20-3;2*1-2/h5-8H,4H2,1-3H3;2*1-2H3/b17-9+;;. The fourth-order valence-corrected chi connectivity index (χ4v) is 1.51. The van der Waals surface area contributed by atoms with Gasteiger partial charge in [0.2, 0.25) is 0 Å². The number of esters is 1. The second-order valence-electron chi connectivity index (χ2n) is 3.91. The lowest BCUT2D eigenvalue weighted by molar-refractivity contribution is -0.0594. The summed E-state index contributed by atoms with van der Waals surface area (Å²) in [4.78, 5) is 11.6. The summed E-state index contributed by atoms with van der Waals surface area (Å²) in [6.07, 6.45) is -4.51. The minimum absolute atomic E-state index is 0.163. The van der Waals surface area contributed by atoms with Gasteiger partial charge in [-0.05, 0) is 26.0 Å². The lowest BCUT2D eigenvalue weighted by Gasteiger charge is -2.21. The molecule has 0 saturated heterocycles. The highest BCUT2D eigenvalue weighted by molar-refractivity contribution is 5.96. The number of carbonyl (C=O) groups excluding carboxylic acids is 1. The van der Waals surface area contributed by atoms with Crippen LogP contribution in [0.3, 0.4) is 0 Å². The van der Waals surface area contributed by atoms with E-state index in [1.807, 2.05) is 27.7 Å². The molecule has 0 aliphatic rings. The molecule has 1 rings (SSSR count). The highest BCUT2D eigenvalue weighted by Gasteiger charge is 2.33. The van der Waals surface area contributed by atoms with E-state index in [4.69, 9.17) is 0 Å². The zero-order valence-electron chi connectivity index (χ0n) is 15.4. The maximum atomic E-state index is 12.5. The minimum Gasteiger partial charge on any atom is -0.465 e. The summed E-state index contributed by atoms with van der Waals surface area (Å²) >= 11 is 0. The summed E-state index contributed by atoms with van der Waals surface area (Å²) in [6.45, 7) is 10.7. The number of halogens is 3. The Balaban J connectivity index is 0. The zero-order chi connectivity index (χ0) is 19.3. The Morgan fingerprint density at radius 2 is 1.67 bits per heavy atom. The number of hydrazone groups is 1. The summed E-state index contributed by atoms with van der Waals surface area (Å²) in [7, 11) is 1.21. The van der Waals surface area contributed by atoms with Gasteiger partial charge in [-0.25, -0.2) is 4.79 Å². The summed E-state index contributed by atoms with van der Waals surface area (Å²) in [6, 6.07) is 6.21. The largest absolute Gasteiger partial charge is 0.465 e. The van der Waals surface area contributed by atoms with Crippen LogP contribution in [-0.2, 0) is 4.74 Å². The molecule has 0 aliphatic heterocycles. The van der Waals surface area contributed by atoms with Crippen LogP contribution < -0.4 is 5.01 Å². The van der Waals surface area contributed by atoms with E-state index in [1.165, 1.54) is 19.2 Å². The first-order valence-corrected chi connectivity index (χ1v) is 7.88. The van der Waals surface area contributed by atoms with Gasteiger partial charge in [-0.1, -0.05) is 39.8 Å². The molecule has 0 bridgehead atoms. The summed E-state index contributed by atoms with van der Waals surface area (Å²) in [5, 5.41) is 4.65. The molecule has 4 nitrogen and oxygen atoms in total. The molecular formula is C17H27F3N2O2. The molecule has 0 fully saturated rings. The number of rotatable bonds is 4. The first kappa shape index (κ1) is 24.2. The molecule has 138 valence electrons. The second-order valence-corrected chi connectivity index (χ2v) is 3.91. The van der Waals surface area contributed by atoms with Crippen LogP contribution in [0.1, 0.15) is 51.9 Å². The van der Waals surface area contributed by atoms with Gasteiger partial charge in [-0.2, -0.15) is 18.3 Å². The number of anilines is 1. The summed E-state index contributed by atoms with van der Waals surface area (Å²) in [5.41, 5.74) is -0.556. The van der Waals surface area contributed by atoms with Crippen molar-refractivity contribution in [2.45, 2.75) is 47.7 Å². The van der Waals surface area contributed by atoms with E-state index in [-0.39, 0.29) is 17.8 Å². The SMILES string of the molecule is CC.CC.CCN(/N=C(\C)C(F)(F)F)c1ccccc1C(=O)OC. The number of benzene rings is 1. The second kappa shape index (κ2) is 12.4. The van der Waals surface area contributed by atoms with Crippen molar-refractivity contribution < 1.29 is 22.7 Å². The molecule has 0 aromatic heterocycles. The predicted octanol–water partition coefficient (Wildman–Crippen LogP) is 5.29. The predicted molar refractivity (Wildman–Crippen MR) is 92.7 cm³/mol. The normalized spacial score (nSPS) is 10.7. The van der Waals surface area contributed by atoms with Crippen molar-refractivity contribution in [1.82, 2.24) is 0 Å². The maximum Gasteiger partial charge on any atom is 0.430 e. The topological polar surface area (TPSA) is 41.9 Å². The fourth-order valence-electron chi connectivity index (χ4n) is 1.51. The molecule has 0 amide bonds. The van der Waals surface area contributed by atoms with E-state index >= 15 is 0 Å².